The van der Waals surface area contributed by atoms with E-state index in [1.54, 1.807) is 33.2 Å². The number of aromatic nitrogens is 6. The fraction of sp³-hybridized carbons (Fsp3) is 0.316. The van der Waals surface area contributed by atoms with Crippen molar-refractivity contribution in [2.45, 2.75) is 51.6 Å². The average Bonchev–Trinajstić information content (AvgIpc) is 4.01. The summed E-state index contributed by atoms with van der Waals surface area (Å²) in [6.07, 6.45) is 10.0. The van der Waals surface area contributed by atoms with Gasteiger partial charge in [-0.2, -0.15) is 0 Å². The molecule has 3 N–H and O–H groups in total. The molecule has 16 nitrogen and oxygen atoms in total. The zero-order valence-corrected chi connectivity index (χ0v) is 32.8. The van der Waals surface area contributed by atoms with Crippen LogP contribution in [0.15, 0.2) is 46.9 Å². The van der Waals surface area contributed by atoms with E-state index in [1.807, 2.05) is 36.7 Å². The number of carbonyl (C=O) groups excluding carboxylic acids is 1. The smallest absolute Gasteiger partial charge is 0.303 e. The number of carboxylic acid groups (broad SMARTS) is 1. The van der Waals surface area contributed by atoms with E-state index < -0.39 is 5.97 Å². The van der Waals surface area contributed by atoms with Crippen molar-refractivity contribution in [3.05, 3.63) is 69.2 Å². The van der Waals surface area contributed by atoms with E-state index in [1.165, 1.54) is 35.3 Å². The number of anilines is 4. The number of thiazole rings is 2. The van der Waals surface area contributed by atoms with Gasteiger partial charge >= 0.3 is 5.97 Å². The molecular formula is C38H39N11O5S2. The molecule has 2 aliphatic rings. The highest BCUT2D eigenvalue weighted by molar-refractivity contribution is 7.18. The third-order valence-corrected chi connectivity index (χ3v) is 11.0. The van der Waals surface area contributed by atoms with Gasteiger partial charge in [-0.25, -0.2) is 29.9 Å². The van der Waals surface area contributed by atoms with Crippen LogP contribution >= 0.6 is 22.7 Å². The highest BCUT2D eigenvalue weighted by Crippen LogP contribution is 2.36. The number of carbonyl (C=O) groups is 2. The summed E-state index contributed by atoms with van der Waals surface area (Å²) in [6, 6.07) is 7.97. The van der Waals surface area contributed by atoms with Crippen molar-refractivity contribution in [1.29, 1.82) is 0 Å². The topological polar surface area (TPSA) is 202 Å². The van der Waals surface area contributed by atoms with Crippen LogP contribution in [0.4, 0.5) is 23.0 Å². The molecule has 1 amide bonds. The van der Waals surface area contributed by atoms with Crippen molar-refractivity contribution in [1.82, 2.24) is 34.8 Å². The van der Waals surface area contributed by atoms with Gasteiger partial charge in [0, 0.05) is 39.4 Å². The van der Waals surface area contributed by atoms with Crippen LogP contribution in [0, 0.1) is 0 Å². The molecule has 2 aliphatic heterocycles. The van der Waals surface area contributed by atoms with Gasteiger partial charge in [0.25, 0.3) is 0 Å². The molecule has 0 aliphatic carbocycles. The van der Waals surface area contributed by atoms with Gasteiger partial charge in [0.2, 0.25) is 5.91 Å². The number of aryl methyl sites for hydroxylation is 2. The number of nitrogens with one attached hydrogen (secondary N) is 2. The third kappa shape index (κ3) is 8.71. The van der Waals surface area contributed by atoms with E-state index in [9.17, 15) is 9.59 Å². The number of rotatable bonds is 14. The van der Waals surface area contributed by atoms with Crippen molar-refractivity contribution in [3.63, 3.8) is 0 Å². The molecule has 6 aromatic rings. The number of hydrogen-bond acceptors (Lipinski definition) is 16. The Kier molecular flexibility index (Phi) is 11.7. The van der Waals surface area contributed by atoms with Gasteiger partial charge in [0.1, 0.15) is 44.8 Å². The SMILES string of the molecule is COc1cc2c(cc1Nc1ncnc3sc(CCCC(=O)N(C)C)nc13)C=NC2.COc1cc2c(cc1Nc1ncnc3sc(CCCC(=O)O)nc13)C=NC2. The van der Waals surface area contributed by atoms with E-state index in [4.69, 9.17) is 19.6 Å². The minimum Gasteiger partial charge on any atom is -0.495 e. The molecule has 0 atom stereocenters. The lowest BCUT2D eigenvalue weighted by Crippen LogP contribution is -2.21. The van der Waals surface area contributed by atoms with Gasteiger partial charge in [-0.1, -0.05) is 22.7 Å². The van der Waals surface area contributed by atoms with Gasteiger partial charge in [0.05, 0.1) is 48.7 Å². The Morgan fingerprint density at radius 2 is 1.21 bits per heavy atom. The summed E-state index contributed by atoms with van der Waals surface area (Å²) in [5, 5.41) is 17.2. The molecule has 6 heterocycles. The standard InChI is InChI=1S/C20H22N6O2S.C18H17N5O3S/c1-26(2)17(27)6-4-5-16-25-18-19(22-11-23-20(18)29-16)24-14-7-12-9-21-10-13(12)8-15(14)28-3;1-26-13-6-11-8-19-7-10(11)5-12(13)22-17-16-18(21-9-20-17)27-14(23-16)3-2-4-15(24)25/h7-9,11H,4-6,10H2,1-3H3,(H,22,23,24);5-7,9H,2-4,8H2,1H3,(H,24,25)(H,20,21,22). The van der Waals surface area contributed by atoms with Crippen LogP contribution in [-0.2, 0) is 35.5 Å². The van der Waals surface area contributed by atoms with Crippen molar-refractivity contribution < 1.29 is 24.2 Å². The number of methoxy groups -OCH3 is 2. The van der Waals surface area contributed by atoms with E-state index in [0.29, 0.717) is 55.3 Å². The van der Waals surface area contributed by atoms with Crippen molar-refractivity contribution in [2.75, 3.05) is 38.9 Å². The van der Waals surface area contributed by atoms with Crippen LogP contribution in [0.2, 0.25) is 0 Å². The number of nitrogens with zero attached hydrogens (tertiary/aromatic N) is 9. The summed E-state index contributed by atoms with van der Waals surface area (Å²) in [6.45, 7) is 1.34. The zero-order chi connectivity index (χ0) is 39.2. The largest absolute Gasteiger partial charge is 0.495 e. The lowest BCUT2D eigenvalue weighted by molar-refractivity contribution is -0.137. The average molecular weight is 794 g/mol. The summed E-state index contributed by atoms with van der Waals surface area (Å²) in [4.78, 5) is 60.9. The molecule has 2 aromatic carbocycles. The Bertz CT molecular complexity index is 2480. The van der Waals surface area contributed by atoms with Crippen LogP contribution in [-0.4, -0.2) is 92.5 Å². The second-order valence-corrected chi connectivity index (χ2v) is 15.2. The number of carboxylic acids is 1. The van der Waals surface area contributed by atoms with E-state index in [-0.39, 0.29) is 12.3 Å². The Morgan fingerprint density at radius 3 is 1.66 bits per heavy atom. The Labute approximate surface area is 329 Å². The Morgan fingerprint density at radius 1 is 0.732 bits per heavy atom. The molecule has 0 unspecified atom stereocenters. The molecule has 0 fully saturated rings. The second-order valence-electron chi connectivity index (χ2n) is 13.0. The van der Waals surface area contributed by atoms with Gasteiger partial charge in [-0.15, -0.1) is 0 Å². The zero-order valence-electron chi connectivity index (χ0n) is 31.2. The number of hydrogen-bond donors (Lipinski definition) is 3. The molecule has 8 rings (SSSR count). The first-order chi connectivity index (χ1) is 27.2. The normalized spacial score (nSPS) is 12.3. The molecule has 0 bridgehead atoms. The minimum atomic E-state index is -0.800. The fourth-order valence-electron chi connectivity index (χ4n) is 6.06. The predicted octanol–water partition coefficient (Wildman–Crippen LogP) is 6.36. The number of benzene rings is 2. The van der Waals surface area contributed by atoms with Crippen molar-refractivity contribution in [3.8, 4) is 11.5 Å². The highest BCUT2D eigenvalue weighted by Gasteiger charge is 2.18. The molecule has 56 heavy (non-hydrogen) atoms. The first-order valence-electron chi connectivity index (χ1n) is 17.8. The van der Waals surface area contributed by atoms with Crippen LogP contribution in [0.25, 0.3) is 20.7 Å². The van der Waals surface area contributed by atoms with Gasteiger partial charge in [-0.3, -0.25) is 19.6 Å². The number of aliphatic imine (C=N–C) groups is 2. The van der Waals surface area contributed by atoms with Crippen LogP contribution < -0.4 is 20.1 Å². The van der Waals surface area contributed by atoms with Crippen LogP contribution in [0.1, 0.15) is 58.0 Å². The lowest BCUT2D eigenvalue weighted by atomic mass is 10.1. The molecule has 0 saturated carbocycles. The minimum absolute atomic E-state index is 0.125. The maximum Gasteiger partial charge on any atom is 0.303 e. The van der Waals surface area contributed by atoms with E-state index in [0.717, 1.165) is 77.4 Å². The van der Waals surface area contributed by atoms with Crippen LogP contribution in [0.5, 0.6) is 11.5 Å². The summed E-state index contributed by atoms with van der Waals surface area (Å²) < 4.78 is 11.0. The Balaban J connectivity index is 0.000000172. The van der Waals surface area contributed by atoms with E-state index >= 15 is 0 Å². The number of fused-ring (bicyclic) bond motifs is 4. The molecular weight excluding hydrogens is 755 g/mol. The first kappa shape index (κ1) is 38.1. The number of amides is 1. The van der Waals surface area contributed by atoms with E-state index in [2.05, 4.69) is 45.5 Å². The number of aliphatic carboxylic acids is 1. The second kappa shape index (κ2) is 17.1. The summed E-state index contributed by atoms with van der Waals surface area (Å²) >= 11 is 2.99. The third-order valence-electron chi connectivity index (χ3n) is 8.95. The molecule has 18 heteroatoms. The summed E-state index contributed by atoms with van der Waals surface area (Å²) in [7, 11) is 6.81. The summed E-state index contributed by atoms with van der Waals surface area (Å²) in [5.41, 5.74) is 7.38. The fourth-order valence-corrected chi connectivity index (χ4v) is 7.95. The maximum atomic E-state index is 11.8. The molecule has 0 spiro atoms. The summed E-state index contributed by atoms with van der Waals surface area (Å²) in [5.74, 6) is 2.00. The molecule has 288 valence electrons. The van der Waals surface area contributed by atoms with Crippen LogP contribution in [0.3, 0.4) is 0 Å². The lowest BCUT2D eigenvalue weighted by Gasteiger charge is -2.12. The highest BCUT2D eigenvalue weighted by atomic mass is 32.1. The number of ether oxygens (including phenoxy) is 2. The van der Waals surface area contributed by atoms with Gasteiger partial charge in [-0.05, 0) is 72.2 Å². The van der Waals surface area contributed by atoms with Crippen molar-refractivity contribution in [2.24, 2.45) is 9.98 Å². The Hall–Kier alpha value is -6.14. The maximum absolute atomic E-state index is 11.8. The molecule has 0 radical (unpaired) electrons. The van der Waals surface area contributed by atoms with Gasteiger partial charge < -0.3 is 30.1 Å². The van der Waals surface area contributed by atoms with Crippen molar-refractivity contribution >= 4 is 90.7 Å². The monoisotopic (exact) mass is 793 g/mol. The molecule has 0 saturated heterocycles. The molecule has 4 aromatic heterocycles. The van der Waals surface area contributed by atoms with Gasteiger partial charge in [0.15, 0.2) is 11.6 Å². The quantitative estimate of drug-likeness (QED) is 0.110. The first-order valence-corrected chi connectivity index (χ1v) is 19.4. The predicted molar refractivity (Wildman–Crippen MR) is 218 cm³/mol.